The molecule has 10 heteroatoms. The second-order valence-corrected chi connectivity index (χ2v) is 8.23. The molecule has 0 aliphatic rings. The average Bonchev–Trinajstić information content (AvgIpc) is 2.93. The minimum atomic E-state index is -0.432. The van der Waals surface area contributed by atoms with Gasteiger partial charge in [-0.1, -0.05) is 36.4 Å². The van der Waals surface area contributed by atoms with E-state index in [1.807, 2.05) is 61.5 Å². The van der Waals surface area contributed by atoms with Crippen LogP contribution in [0.4, 0.5) is 11.8 Å². The van der Waals surface area contributed by atoms with Gasteiger partial charge in [0.05, 0.1) is 42.8 Å². The molecule has 0 bridgehead atoms. The second-order valence-electron chi connectivity index (χ2n) is 8.23. The zero-order chi connectivity index (χ0) is 25.9. The van der Waals surface area contributed by atoms with Crippen LogP contribution in [-0.4, -0.2) is 31.6 Å². The molecule has 0 aliphatic carbocycles. The van der Waals surface area contributed by atoms with Crippen molar-refractivity contribution in [2.75, 3.05) is 18.2 Å². The Bertz CT molecular complexity index is 1710. The summed E-state index contributed by atoms with van der Waals surface area (Å²) >= 11 is 0. The van der Waals surface area contributed by atoms with Gasteiger partial charge in [-0.15, -0.1) is 0 Å². The number of pyridine rings is 1. The molecule has 3 heterocycles. The van der Waals surface area contributed by atoms with Crippen molar-refractivity contribution in [1.82, 2.24) is 24.5 Å². The van der Waals surface area contributed by atoms with Gasteiger partial charge in [0, 0.05) is 16.9 Å². The summed E-state index contributed by atoms with van der Waals surface area (Å²) in [4.78, 5) is 31.0. The van der Waals surface area contributed by atoms with Gasteiger partial charge in [-0.05, 0) is 30.5 Å². The van der Waals surface area contributed by atoms with Gasteiger partial charge in [0.15, 0.2) is 0 Å². The van der Waals surface area contributed by atoms with Gasteiger partial charge in [-0.25, -0.2) is 9.97 Å². The molecule has 182 valence electrons. The van der Waals surface area contributed by atoms with Crippen molar-refractivity contribution in [3.05, 3.63) is 94.8 Å². The van der Waals surface area contributed by atoms with Crippen molar-refractivity contribution >= 4 is 22.5 Å². The molecule has 37 heavy (non-hydrogen) atoms. The number of nitrogens with zero attached hydrogens (tertiary/aromatic N) is 6. The lowest BCUT2D eigenvalue weighted by molar-refractivity contribution is 0.396. The van der Waals surface area contributed by atoms with E-state index in [0.29, 0.717) is 33.9 Å². The number of benzene rings is 2. The standard InChI is InChI=1S/C27H22N8O2/c1-16(32-25-18(12-28)13-31-27(29)34-25)22-11-17-7-6-10-20(21-14-30-15-23(33-21)37-2)24(17)26(36)35(22)19-8-4-3-5-9-19/h3-11,13-16H,1-2H3,(H3,29,31,32,34)/t16-/m0/s1. The third-order valence-electron chi connectivity index (χ3n) is 5.91. The smallest absolute Gasteiger partial charge is 0.263 e. The Labute approximate surface area is 212 Å². The van der Waals surface area contributed by atoms with E-state index in [-0.39, 0.29) is 22.9 Å². The summed E-state index contributed by atoms with van der Waals surface area (Å²) in [6.07, 6.45) is 4.48. The summed E-state index contributed by atoms with van der Waals surface area (Å²) in [6, 6.07) is 18.5. The normalized spacial score (nSPS) is 11.6. The number of methoxy groups -OCH3 is 1. The van der Waals surface area contributed by atoms with E-state index in [1.165, 1.54) is 19.5 Å². The largest absolute Gasteiger partial charge is 0.480 e. The SMILES string of the molecule is COc1cncc(-c2cccc3cc([C@H](C)Nc4nc(N)ncc4C#N)n(-c4ccccc4)c(=O)c23)n1. The molecule has 2 aromatic carbocycles. The van der Waals surface area contributed by atoms with Crippen LogP contribution < -0.4 is 21.3 Å². The molecule has 5 aromatic rings. The van der Waals surface area contributed by atoms with Crippen molar-refractivity contribution in [2.45, 2.75) is 13.0 Å². The lowest BCUT2D eigenvalue weighted by Gasteiger charge is -2.22. The van der Waals surface area contributed by atoms with Gasteiger partial charge in [-0.3, -0.25) is 14.3 Å². The highest BCUT2D eigenvalue weighted by Gasteiger charge is 2.20. The lowest BCUT2D eigenvalue weighted by Crippen LogP contribution is -2.26. The predicted molar refractivity (Wildman–Crippen MR) is 140 cm³/mol. The van der Waals surface area contributed by atoms with E-state index in [0.717, 1.165) is 5.39 Å². The Morgan fingerprint density at radius 2 is 1.89 bits per heavy atom. The molecule has 0 radical (unpaired) electrons. The number of nitrogens with two attached hydrogens (primary N) is 1. The van der Waals surface area contributed by atoms with Crippen molar-refractivity contribution in [3.8, 4) is 28.9 Å². The molecule has 1 atom stereocenters. The molecule has 0 saturated heterocycles. The fourth-order valence-corrected chi connectivity index (χ4v) is 4.20. The van der Waals surface area contributed by atoms with Crippen LogP contribution in [0.1, 0.15) is 24.2 Å². The van der Waals surface area contributed by atoms with Crippen LogP contribution in [-0.2, 0) is 0 Å². The number of ether oxygens (including phenoxy) is 1. The van der Waals surface area contributed by atoms with E-state index in [9.17, 15) is 10.1 Å². The number of nitriles is 1. The summed E-state index contributed by atoms with van der Waals surface area (Å²) in [5, 5.41) is 14.0. The minimum absolute atomic E-state index is 0.0386. The van der Waals surface area contributed by atoms with Crippen LogP contribution in [0.5, 0.6) is 5.88 Å². The van der Waals surface area contributed by atoms with Crippen molar-refractivity contribution in [1.29, 1.82) is 5.26 Å². The first-order valence-corrected chi connectivity index (χ1v) is 11.4. The number of nitrogen functional groups attached to an aromatic ring is 1. The molecular formula is C27H22N8O2. The Hall–Kier alpha value is -5.30. The van der Waals surface area contributed by atoms with Crippen LogP contribution in [0.2, 0.25) is 0 Å². The van der Waals surface area contributed by atoms with Crippen LogP contribution in [0.25, 0.3) is 27.7 Å². The number of para-hydroxylation sites is 1. The van der Waals surface area contributed by atoms with Gasteiger partial charge < -0.3 is 15.8 Å². The summed E-state index contributed by atoms with van der Waals surface area (Å²) in [7, 11) is 1.52. The molecule has 0 fully saturated rings. The van der Waals surface area contributed by atoms with Gasteiger partial charge in [-0.2, -0.15) is 10.2 Å². The maximum Gasteiger partial charge on any atom is 0.263 e. The fourth-order valence-electron chi connectivity index (χ4n) is 4.20. The highest BCUT2D eigenvalue weighted by Crippen LogP contribution is 2.30. The van der Waals surface area contributed by atoms with Crippen LogP contribution in [0.15, 0.2) is 78.0 Å². The Balaban J connectivity index is 1.74. The van der Waals surface area contributed by atoms with Crippen molar-refractivity contribution in [3.63, 3.8) is 0 Å². The molecule has 3 N–H and O–H groups in total. The lowest BCUT2D eigenvalue weighted by atomic mass is 10.0. The number of anilines is 2. The highest BCUT2D eigenvalue weighted by atomic mass is 16.5. The van der Waals surface area contributed by atoms with Crippen LogP contribution in [0.3, 0.4) is 0 Å². The molecule has 5 rings (SSSR count). The van der Waals surface area contributed by atoms with Gasteiger partial charge in [0.25, 0.3) is 5.56 Å². The Kier molecular flexibility index (Phi) is 6.18. The third-order valence-corrected chi connectivity index (χ3v) is 5.91. The van der Waals surface area contributed by atoms with E-state index < -0.39 is 6.04 Å². The molecule has 10 nitrogen and oxygen atoms in total. The first kappa shape index (κ1) is 23.4. The van der Waals surface area contributed by atoms with Gasteiger partial charge in [0.1, 0.15) is 17.5 Å². The second kappa shape index (κ2) is 9.75. The predicted octanol–water partition coefficient (Wildman–Crippen LogP) is 3.87. The third kappa shape index (κ3) is 4.41. The number of hydrogen-bond acceptors (Lipinski definition) is 9. The quantitative estimate of drug-likeness (QED) is 0.362. The van der Waals surface area contributed by atoms with E-state index in [4.69, 9.17) is 10.5 Å². The molecule has 0 saturated carbocycles. The van der Waals surface area contributed by atoms with Gasteiger partial charge in [0.2, 0.25) is 11.8 Å². The zero-order valence-corrected chi connectivity index (χ0v) is 20.1. The summed E-state index contributed by atoms with van der Waals surface area (Å²) in [5.41, 5.74) is 8.30. The fraction of sp³-hybridized carbons (Fsp3) is 0.111. The molecule has 0 aliphatic heterocycles. The maximum absolute atomic E-state index is 14.2. The van der Waals surface area contributed by atoms with E-state index in [1.54, 1.807) is 10.8 Å². The van der Waals surface area contributed by atoms with E-state index in [2.05, 4.69) is 31.3 Å². The first-order chi connectivity index (χ1) is 18.0. The molecule has 0 spiro atoms. The topological polar surface area (TPSA) is 145 Å². The van der Waals surface area contributed by atoms with Gasteiger partial charge >= 0.3 is 0 Å². The Morgan fingerprint density at radius 1 is 1.08 bits per heavy atom. The summed E-state index contributed by atoms with van der Waals surface area (Å²) in [6.45, 7) is 1.89. The Morgan fingerprint density at radius 3 is 2.65 bits per heavy atom. The monoisotopic (exact) mass is 490 g/mol. The summed E-state index contributed by atoms with van der Waals surface area (Å²) in [5.74, 6) is 0.677. The number of rotatable bonds is 6. The number of fused-ring (bicyclic) bond motifs is 1. The molecule has 0 unspecified atom stereocenters. The number of hydrogen-bond donors (Lipinski definition) is 2. The maximum atomic E-state index is 14.2. The summed E-state index contributed by atoms with van der Waals surface area (Å²) < 4.78 is 6.89. The van der Waals surface area contributed by atoms with Crippen molar-refractivity contribution in [2.24, 2.45) is 0 Å². The zero-order valence-electron chi connectivity index (χ0n) is 20.1. The van der Waals surface area contributed by atoms with Crippen molar-refractivity contribution < 1.29 is 4.74 Å². The first-order valence-electron chi connectivity index (χ1n) is 11.4. The molecule has 3 aromatic heterocycles. The van der Waals surface area contributed by atoms with E-state index >= 15 is 0 Å². The van der Waals surface area contributed by atoms with Crippen LogP contribution in [0, 0.1) is 11.3 Å². The highest BCUT2D eigenvalue weighted by molar-refractivity contribution is 5.95. The molecule has 0 amide bonds. The average molecular weight is 491 g/mol. The molecular weight excluding hydrogens is 468 g/mol. The minimum Gasteiger partial charge on any atom is -0.480 e. The number of aromatic nitrogens is 5. The number of nitrogens with one attached hydrogen (secondary N) is 1. The van der Waals surface area contributed by atoms with Crippen LogP contribution >= 0.6 is 0 Å².